The lowest BCUT2D eigenvalue weighted by molar-refractivity contribution is -0.605. The van der Waals surface area contributed by atoms with Crippen molar-refractivity contribution in [1.82, 2.24) is 10.6 Å². The summed E-state index contributed by atoms with van der Waals surface area (Å²) in [6.07, 6.45) is 5.36. The minimum Gasteiger partial charge on any atom is -0.619 e. The Balaban J connectivity index is 1.38. The van der Waals surface area contributed by atoms with Crippen molar-refractivity contribution in [3.05, 3.63) is 65.1 Å². The van der Waals surface area contributed by atoms with Crippen molar-refractivity contribution in [2.45, 2.75) is 25.3 Å². The number of hydrogen-bond acceptors (Lipinski definition) is 4. The van der Waals surface area contributed by atoms with Gasteiger partial charge in [-0.3, -0.25) is 9.59 Å². The van der Waals surface area contributed by atoms with Crippen molar-refractivity contribution in [2.75, 3.05) is 13.2 Å². The molecule has 0 saturated heterocycles. The van der Waals surface area contributed by atoms with Crippen molar-refractivity contribution in [3.63, 3.8) is 0 Å². The number of nitrogens with one attached hydrogen (secondary N) is 2. The highest BCUT2D eigenvalue weighted by atomic mass is 16.5. The van der Waals surface area contributed by atoms with E-state index in [1.54, 1.807) is 0 Å². The highest BCUT2D eigenvalue weighted by molar-refractivity contribution is 5.93. The standard InChI is InChI=1S/C19H21N3O4/c23-18(21-16-3-4-16)13-26-17-5-1-14(2-6-17)7-10-20-19(24)15-8-11-22(25)12-9-15/h1-2,5-6,8-9,11-12,16H,3-4,7,10,13H2,(H,20,24)(H,21,23). The molecular formula is C19H21N3O4. The second-order valence-electron chi connectivity index (χ2n) is 6.23. The molecule has 2 aromatic rings. The Hall–Kier alpha value is -3.09. The van der Waals surface area contributed by atoms with Crippen LogP contribution in [0, 0.1) is 5.21 Å². The molecule has 136 valence electrons. The molecule has 7 nitrogen and oxygen atoms in total. The number of carbonyl (C=O) groups excluding carboxylic acids is 2. The second kappa shape index (κ2) is 8.33. The summed E-state index contributed by atoms with van der Waals surface area (Å²) in [5, 5.41) is 16.6. The molecule has 1 aromatic heterocycles. The molecule has 7 heteroatoms. The number of carbonyl (C=O) groups is 2. The maximum Gasteiger partial charge on any atom is 0.258 e. The fourth-order valence-electron chi connectivity index (χ4n) is 2.38. The van der Waals surface area contributed by atoms with Gasteiger partial charge in [0.05, 0.1) is 5.56 Å². The first-order valence-electron chi connectivity index (χ1n) is 8.58. The van der Waals surface area contributed by atoms with Gasteiger partial charge in [0.1, 0.15) is 5.75 Å². The van der Waals surface area contributed by atoms with E-state index < -0.39 is 0 Å². The maximum atomic E-state index is 11.9. The van der Waals surface area contributed by atoms with Crippen LogP contribution in [0.15, 0.2) is 48.8 Å². The largest absolute Gasteiger partial charge is 0.619 e. The molecule has 0 unspecified atom stereocenters. The molecular weight excluding hydrogens is 334 g/mol. The van der Waals surface area contributed by atoms with Crippen LogP contribution in [0.3, 0.4) is 0 Å². The molecule has 1 heterocycles. The predicted molar refractivity (Wildman–Crippen MR) is 94.5 cm³/mol. The first-order valence-corrected chi connectivity index (χ1v) is 8.58. The minimum absolute atomic E-state index is 0.0202. The van der Waals surface area contributed by atoms with Crippen LogP contribution in [0.25, 0.3) is 0 Å². The average Bonchev–Trinajstić information content (AvgIpc) is 3.45. The molecule has 26 heavy (non-hydrogen) atoms. The molecule has 1 aliphatic rings. The predicted octanol–water partition coefficient (Wildman–Crippen LogP) is 0.950. The van der Waals surface area contributed by atoms with Gasteiger partial charge in [-0.2, -0.15) is 4.73 Å². The molecule has 1 saturated carbocycles. The molecule has 0 atom stereocenters. The highest BCUT2D eigenvalue weighted by Crippen LogP contribution is 2.18. The van der Waals surface area contributed by atoms with Crippen LogP contribution in [0.2, 0.25) is 0 Å². The Morgan fingerprint density at radius 3 is 2.46 bits per heavy atom. The molecule has 0 spiro atoms. The Morgan fingerprint density at radius 1 is 1.12 bits per heavy atom. The summed E-state index contributed by atoms with van der Waals surface area (Å²) < 4.78 is 6.09. The van der Waals surface area contributed by atoms with E-state index in [4.69, 9.17) is 4.74 Å². The number of hydrogen-bond donors (Lipinski definition) is 2. The average molecular weight is 355 g/mol. The Morgan fingerprint density at radius 2 is 1.81 bits per heavy atom. The maximum absolute atomic E-state index is 11.9. The molecule has 1 fully saturated rings. The van der Waals surface area contributed by atoms with E-state index >= 15 is 0 Å². The first kappa shape index (κ1) is 17.7. The molecule has 2 amide bonds. The minimum atomic E-state index is -0.216. The van der Waals surface area contributed by atoms with Crippen LogP contribution in [0.5, 0.6) is 5.75 Å². The third-order valence-electron chi connectivity index (χ3n) is 4.00. The van der Waals surface area contributed by atoms with E-state index in [-0.39, 0.29) is 18.4 Å². The van der Waals surface area contributed by atoms with E-state index in [1.807, 2.05) is 24.3 Å². The van der Waals surface area contributed by atoms with Crippen molar-refractivity contribution in [1.29, 1.82) is 0 Å². The van der Waals surface area contributed by atoms with Gasteiger partial charge in [-0.05, 0) is 37.0 Å². The van der Waals surface area contributed by atoms with E-state index in [2.05, 4.69) is 10.6 Å². The number of ether oxygens (including phenoxy) is 1. The van der Waals surface area contributed by atoms with Crippen molar-refractivity contribution < 1.29 is 19.1 Å². The molecule has 1 aromatic carbocycles. The monoisotopic (exact) mass is 355 g/mol. The van der Waals surface area contributed by atoms with Crippen LogP contribution < -0.4 is 20.1 Å². The molecule has 0 aliphatic heterocycles. The number of pyridine rings is 1. The van der Waals surface area contributed by atoms with Gasteiger partial charge in [-0.15, -0.1) is 0 Å². The van der Waals surface area contributed by atoms with E-state index in [0.717, 1.165) is 18.4 Å². The van der Waals surface area contributed by atoms with Crippen LogP contribution in [-0.2, 0) is 11.2 Å². The third kappa shape index (κ3) is 5.47. The summed E-state index contributed by atoms with van der Waals surface area (Å²) in [7, 11) is 0. The van der Waals surface area contributed by atoms with Crippen molar-refractivity contribution >= 4 is 11.8 Å². The van der Waals surface area contributed by atoms with Gasteiger partial charge in [0.15, 0.2) is 19.0 Å². The number of nitrogens with zero attached hydrogens (tertiary/aromatic N) is 1. The van der Waals surface area contributed by atoms with Gasteiger partial charge in [-0.25, -0.2) is 0 Å². The lowest BCUT2D eigenvalue weighted by Gasteiger charge is -2.08. The van der Waals surface area contributed by atoms with Crippen LogP contribution in [0.4, 0.5) is 0 Å². The Kier molecular flexibility index (Phi) is 5.68. The summed E-state index contributed by atoms with van der Waals surface area (Å²) in [6, 6.07) is 10.7. The van der Waals surface area contributed by atoms with Gasteiger partial charge in [-0.1, -0.05) is 12.1 Å². The van der Waals surface area contributed by atoms with Crippen LogP contribution in [0.1, 0.15) is 28.8 Å². The van der Waals surface area contributed by atoms with Gasteiger partial charge in [0.25, 0.3) is 11.8 Å². The summed E-state index contributed by atoms with van der Waals surface area (Å²) in [6.45, 7) is 0.501. The Bertz CT molecular complexity index is 755. The van der Waals surface area contributed by atoms with Gasteiger partial charge < -0.3 is 20.6 Å². The third-order valence-corrected chi connectivity index (χ3v) is 4.00. The van der Waals surface area contributed by atoms with Gasteiger partial charge in [0.2, 0.25) is 0 Å². The highest BCUT2D eigenvalue weighted by Gasteiger charge is 2.23. The summed E-state index contributed by atoms with van der Waals surface area (Å²) in [5.74, 6) is 0.328. The number of rotatable bonds is 8. The van der Waals surface area contributed by atoms with Gasteiger partial charge >= 0.3 is 0 Å². The molecule has 3 rings (SSSR count). The number of amides is 2. The Labute approximate surface area is 151 Å². The van der Waals surface area contributed by atoms with E-state index in [0.29, 0.717) is 35.1 Å². The molecule has 0 bridgehead atoms. The number of benzene rings is 1. The lowest BCUT2D eigenvalue weighted by Crippen LogP contribution is -2.30. The zero-order chi connectivity index (χ0) is 18.4. The molecule has 2 N–H and O–H groups in total. The molecule has 0 radical (unpaired) electrons. The SMILES string of the molecule is O=C(COc1ccc(CCNC(=O)c2cc[n+]([O-])cc2)cc1)NC1CC1. The smallest absolute Gasteiger partial charge is 0.258 e. The van der Waals surface area contributed by atoms with Crippen LogP contribution in [-0.4, -0.2) is 31.0 Å². The van der Waals surface area contributed by atoms with E-state index in [9.17, 15) is 14.8 Å². The zero-order valence-corrected chi connectivity index (χ0v) is 14.3. The number of aromatic nitrogens is 1. The van der Waals surface area contributed by atoms with Crippen molar-refractivity contribution in [2.24, 2.45) is 0 Å². The first-order chi connectivity index (χ1) is 12.6. The fourth-order valence-corrected chi connectivity index (χ4v) is 2.38. The lowest BCUT2D eigenvalue weighted by atomic mass is 10.1. The van der Waals surface area contributed by atoms with Gasteiger partial charge in [0, 0.05) is 24.7 Å². The quantitative estimate of drug-likeness (QED) is 0.544. The normalized spacial score (nSPS) is 13.1. The topological polar surface area (TPSA) is 94.4 Å². The fraction of sp³-hybridized carbons (Fsp3) is 0.316. The van der Waals surface area contributed by atoms with Crippen LogP contribution >= 0.6 is 0 Å². The summed E-state index contributed by atoms with van der Waals surface area (Å²) in [4.78, 5) is 23.5. The second-order valence-corrected chi connectivity index (χ2v) is 6.23. The van der Waals surface area contributed by atoms with Crippen molar-refractivity contribution in [3.8, 4) is 5.75 Å². The zero-order valence-electron chi connectivity index (χ0n) is 14.3. The molecule has 1 aliphatic carbocycles. The van der Waals surface area contributed by atoms with E-state index in [1.165, 1.54) is 24.5 Å². The summed E-state index contributed by atoms with van der Waals surface area (Å²) in [5.41, 5.74) is 1.50. The summed E-state index contributed by atoms with van der Waals surface area (Å²) >= 11 is 0.